The van der Waals surface area contributed by atoms with Gasteiger partial charge in [0.2, 0.25) is 0 Å². The molecule has 0 saturated carbocycles. The summed E-state index contributed by atoms with van der Waals surface area (Å²) in [5.41, 5.74) is 5.79. The van der Waals surface area contributed by atoms with Crippen LogP contribution in [-0.4, -0.2) is 32.8 Å². The van der Waals surface area contributed by atoms with E-state index in [9.17, 15) is 18.0 Å². The van der Waals surface area contributed by atoms with E-state index in [2.05, 4.69) is 45.1 Å². The number of carbonyl (C=O) groups excluding carboxylic acids is 1. The smallest absolute Gasteiger partial charge is 0.405 e. The largest absolute Gasteiger partial charge is 0.496 e. The van der Waals surface area contributed by atoms with Crippen molar-refractivity contribution in [2.24, 2.45) is 5.92 Å². The number of aryl methyl sites for hydroxylation is 1. The Balaban J connectivity index is 2.69. The normalized spacial score (nSPS) is 13.4. The third-order valence-electron chi connectivity index (χ3n) is 6.60. The van der Waals surface area contributed by atoms with E-state index >= 15 is 0 Å². The lowest BCUT2D eigenvalue weighted by atomic mass is 9.96. The van der Waals surface area contributed by atoms with Crippen LogP contribution >= 0.6 is 0 Å². The molecule has 2 aromatic rings. The Hall–Kier alpha value is -3.68. The molecule has 2 rings (SSSR count). The van der Waals surface area contributed by atoms with Crippen LogP contribution in [0.2, 0.25) is 0 Å². The van der Waals surface area contributed by atoms with Crippen molar-refractivity contribution in [1.29, 1.82) is 0 Å². The van der Waals surface area contributed by atoms with Gasteiger partial charge in [-0.05, 0) is 61.9 Å². The molecule has 2 aromatic carbocycles. The first kappa shape index (κ1) is 32.5. The van der Waals surface area contributed by atoms with Crippen molar-refractivity contribution in [1.82, 2.24) is 5.32 Å². The van der Waals surface area contributed by atoms with Crippen LogP contribution in [0, 0.1) is 12.8 Å². The van der Waals surface area contributed by atoms with E-state index in [-0.39, 0.29) is 17.1 Å². The van der Waals surface area contributed by atoms with Gasteiger partial charge in [-0.3, -0.25) is 4.79 Å². The molecule has 1 amide bonds. The van der Waals surface area contributed by atoms with Gasteiger partial charge < -0.3 is 19.7 Å². The number of rotatable bonds is 12. The average molecular weight is 559 g/mol. The molecule has 0 heterocycles. The van der Waals surface area contributed by atoms with E-state index in [1.807, 2.05) is 49.3 Å². The molecule has 0 radical (unpaired) electrons. The van der Waals surface area contributed by atoms with Crippen LogP contribution in [0.3, 0.4) is 0 Å². The molecule has 218 valence electrons. The number of methoxy groups -OCH3 is 2. The third kappa shape index (κ3) is 8.66. The van der Waals surface area contributed by atoms with Gasteiger partial charge in [-0.15, -0.1) is 0 Å². The number of nitrogens with one attached hydrogen (secondary N) is 1. The first-order valence-corrected chi connectivity index (χ1v) is 13.4. The number of anilines is 2. The second kappa shape index (κ2) is 14.6. The number of halogens is 3. The molecule has 5 nitrogen and oxygen atoms in total. The Bertz CT molecular complexity index is 1240. The number of allylic oxidation sites excluding steroid dienone is 5. The molecule has 0 fully saturated rings. The van der Waals surface area contributed by atoms with Crippen molar-refractivity contribution in [2.45, 2.75) is 60.6 Å². The standard InChI is InChI=1S/C32H41F3N2O3/c1-9-12-24(15-21(4)10-2)25-13-14-27(23(6)16-25)37(19-22(5)11-3)26-17-28(39-7)30(29(18-26)40-8)31(38)36-20-32(33,34)35/h9,12-19,21H,10-11,20H2,1-8H3,(H,36,38)/b12-9+,22-19-,24-15+. The maximum atomic E-state index is 12.8. The van der Waals surface area contributed by atoms with Crippen LogP contribution in [0.25, 0.3) is 5.57 Å². The SMILES string of the molecule is C/C=C/C(=C\C(C)CC)c1ccc(N(/C=C(/C)CC)c2cc(OC)c(C(=O)NCC(F)(F)F)c(OC)c2)c(C)c1. The summed E-state index contributed by atoms with van der Waals surface area (Å²) in [6.45, 7) is 11.0. The summed E-state index contributed by atoms with van der Waals surface area (Å²) < 4.78 is 49.2. The minimum Gasteiger partial charge on any atom is -0.496 e. The van der Waals surface area contributed by atoms with Crippen LogP contribution < -0.4 is 19.7 Å². The molecule has 8 heteroatoms. The Labute approximate surface area is 236 Å². The fourth-order valence-electron chi connectivity index (χ4n) is 4.08. The van der Waals surface area contributed by atoms with E-state index in [1.165, 1.54) is 14.2 Å². The maximum Gasteiger partial charge on any atom is 0.405 e. The summed E-state index contributed by atoms with van der Waals surface area (Å²) in [4.78, 5) is 14.7. The molecule has 40 heavy (non-hydrogen) atoms. The molecule has 1 N–H and O–H groups in total. The molecule has 0 aromatic heterocycles. The van der Waals surface area contributed by atoms with Crippen molar-refractivity contribution >= 4 is 22.9 Å². The quantitative estimate of drug-likeness (QED) is 0.265. The first-order valence-electron chi connectivity index (χ1n) is 13.4. The number of alkyl halides is 3. The Kier molecular flexibility index (Phi) is 11.9. The minimum absolute atomic E-state index is 0.0997. The number of hydrogen-bond donors (Lipinski definition) is 1. The highest BCUT2D eigenvalue weighted by Crippen LogP contribution is 2.39. The van der Waals surface area contributed by atoms with Crippen molar-refractivity contribution < 1.29 is 27.4 Å². The molecule has 0 aliphatic heterocycles. The third-order valence-corrected chi connectivity index (χ3v) is 6.60. The van der Waals surface area contributed by atoms with Crippen LogP contribution in [0.4, 0.5) is 24.5 Å². The lowest BCUT2D eigenvalue weighted by molar-refractivity contribution is -0.123. The Morgan fingerprint density at radius 2 is 1.73 bits per heavy atom. The van der Waals surface area contributed by atoms with Gasteiger partial charge in [0.05, 0.1) is 19.9 Å². The van der Waals surface area contributed by atoms with Crippen molar-refractivity contribution in [3.8, 4) is 11.5 Å². The zero-order chi connectivity index (χ0) is 30.0. The number of nitrogens with zero attached hydrogens (tertiary/aromatic N) is 1. The Morgan fingerprint density at radius 1 is 1.10 bits per heavy atom. The van der Waals surface area contributed by atoms with E-state index in [0.717, 1.165) is 40.8 Å². The number of benzene rings is 2. The number of ether oxygens (including phenoxy) is 2. The molecule has 1 unspecified atom stereocenters. The van der Waals surface area contributed by atoms with Crippen molar-refractivity contribution in [2.75, 3.05) is 25.7 Å². The molecule has 0 aliphatic rings. The lowest BCUT2D eigenvalue weighted by Gasteiger charge is -2.26. The van der Waals surface area contributed by atoms with Gasteiger partial charge in [0, 0.05) is 24.0 Å². The van der Waals surface area contributed by atoms with Crippen LogP contribution in [0.5, 0.6) is 11.5 Å². The topological polar surface area (TPSA) is 50.8 Å². The van der Waals surface area contributed by atoms with Crippen LogP contribution in [0.15, 0.2) is 60.3 Å². The number of carbonyl (C=O) groups is 1. The van der Waals surface area contributed by atoms with Gasteiger partial charge in [0.1, 0.15) is 23.6 Å². The fraction of sp³-hybridized carbons (Fsp3) is 0.406. The van der Waals surface area contributed by atoms with Crippen LogP contribution in [-0.2, 0) is 0 Å². The van der Waals surface area contributed by atoms with E-state index < -0.39 is 18.6 Å². The number of hydrogen-bond acceptors (Lipinski definition) is 4. The lowest BCUT2D eigenvalue weighted by Crippen LogP contribution is -2.34. The van der Waals surface area contributed by atoms with Crippen molar-refractivity contribution in [3.63, 3.8) is 0 Å². The predicted molar refractivity (Wildman–Crippen MR) is 158 cm³/mol. The molecule has 1 atom stereocenters. The zero-order valence-electron chi connectivity index (χ0n) is 24.7. The molecule has 0 saturated heterocycles. The van der Waals surface area contributed by atoms with Gasteiger partial charge in [-0.2, -0.15) is 13.2 Å². The second-order valence-corrected chi connectivity index (χ2v) is 9.73. The van der Waals surface area contributed by atoms with E-state index in [4.69, 9.17) is 9.47 Å². The van der Waals surface area contributed by atoms with Gasteiger partial charge in [-0.25, -0.2) is 0 Å². The fourth-order valence-corrected chi connectivity index (χ4v) is 4.08. The van der Waals surface area contributed by atoms with E-state index in [0.29, 0.717) is 11.6 Å². The zero-order valence-corrected chi connectivity index (χ0v) is 24.7. The maximum absolute atomic E-state index is 12.8. The first-order chi connectivity index (χ1) is 18.9. The van der Waals surface area contributed by atoms with Gasteiger partial charge in [0.25, 0.3) is 5.91 Å². The highest BCUT2D eigenvalue weighted by molar-refractivity contribution is 6.00. The molecular weight excluding hydrogens is 517 g/mol. The van der Waals surface area contributed by atoms with Crippen molar-refractivity contribution in [3.05, 3.63) is 77.0 Å². The van der Waals surface area contributed by atoms with E-state index in [1.54, 1.807) is 12.1 Å². The summed E-state index contributed by atoms with van der Waals surface area (Å²) in [5, 5.41) is 1.90. The molecule has 0 spiro atoms. The summed E-state index contributed by atoms with van der Waals surface area (Å²) >= 11 is 0. The molecule has 0 bridgehead atoms. The molecule has 0 aliphatic carbocycles. The summed E-state index contributed by atoms with van der Waals surface area (Å²) in [7, 11) is 2.73. The second-order valence-electron chi connectivity index (χ2n) is 9.73. The Morgan fingerprint density at radius 3 is 2.20 bits per heavy atom. The monoisotopic (exact) mass is 558 g/mol. The minimum atomic E-state index is -4.55. The predicted octanol–water partition coefficient (Wildman–Crippen LogP) is 8.76. The average Bonchev–Trinajstić information content (AvgIpc) is 2.93. The summed E-state index contributed by atoms with van der Waals surface area (Å²) in [5.74, 6) is -0.301. The summed E-state index contributed by atoms with van der Waals surface area (Å²) in [6, 6.07) is 9.52. The summed E-state index contributed by atoms with van der Waals surface area (Å²) in [6.07, 6.45) is 5.71. The van der Waals surface area contributed by atoms with Gasteiger partial charge in [0.15, 0.2) is 0 Å². The molecular formula is C32H41F3N2O3. The van der Waals surface area contributed by atoms with Gasteiger partial charge in [-0.1, -0.05) is 57.1 Å². The van der Waals surface area contributed by atoms with Crippen LogP contribution in [0.1, 0.15) is 68.9 Å². The van der Waals surface area contributed by atoms with Gasteiger partial charge >= 0.3 is 6.18 Å². The highest BCUT2D eigenvalue weighted by atomic mass is 19.4. The number of amides is 1. The highest BCUT2D eigenvalue weighted by Gasteiger charge is 2.30.